The van der Waals surface area contributed by atoms with Gasteiger partial charge in [-0.1, -0.05) is 42.5 Å². The fraction of sp³-hybridized carbons (Fsp3) is 0.115. The minimum absolute atomic E-state index is 0.0966. The van der Waals surface area contributed by atoms with E-state index in [1.54, 1.807) is 12.1 Å². The van der Waals surface area contributed by atoms with Crippen LogP contribution in [-0.4, -0.2) is 20.1 Å². The summed E-state index contributed by atoms with van der Waals surface area (Å²) in [6.07, 6.45) is 1.62. The number of rotatable bonds is 4. The van der Waals surface area contributed by atoms with Gasteiger partial charge in [0, 0.05) is 5.56 Å². The summed E-state index contributed by atoms with van der Waals surface area (Å²) in [7, 11) is -3.08. The first kappa shape index (κ1) is 20.4. The normalized spacial score (nSPS) is 12.7. The first-order valence-electron chi connectivity index (χ1n) is 10.3. The topological polar surface area (TPSA) is 74.9 Å². The first-order chi connectivity index (χ1) is 15.5. The van der Waals surface area contributed by atoms with Gasteiger partial charge in [-0.25, -0.2) is 4.42 Å². The van der Waals surface area contributed by atoms with Crippen molar-refractivity contribution in [2.75, 3.05) is 7.11 Å². The van der Waals surface area contributed by atoms with Crippen LogP contribution in [0.5, 0.6) is 5.75 Å². The fourth-order valence-corrected chi connectivity index (χ4v) is 4.96. The van der Waals surface area contributed by atoms with Crippen LogP contribution in [0.4, 0.5) is 0 Å². The summed E-state index contributed by atoms with van der Waals surface area (Å²) in [4.78, 5) is -0.260. The third kappa shape index (κ3) is 3.57. The van der Waals surface area contributed by atoms with Gasteiger partial charge in [-0.2, -0.15) is 8.42 Å². The van der Waals surface area contributed by atoms with E-state index >= 15 is 0 Å². The number of methoxy groups -OCH3 is 1. The molecule has 4 aromatic rings. The van der Waals surface area contributed by atoms with Crippen LogP contribution in [0.3, 0.4) is 0 Å². The first-order valence-corrected chi connectivity index (χ1v) is 11.7. The average molecular weight is 446 g/mol. The van der Waals surface area contributed by atoms with Crippen LogP contribution in [0.15, 0.2) is 88.2 Å². The highest BCUT2D eigenvalue weighted by Crippen LogP contribution is 2.43. The number of benzene rings is 3. The molecule has 0 unspecified atom stereocenters. The summed E-state index contributed by atoms with van der Waals surface area (Å²) in [5.74, 6) is 1.56. The maximum Gasteiger partial charge on any atom is 0.364 e. The molecular weight excluding hydrogens is 424 g/mol. The van der Waals surface area contributed by atoms with Crippen molar-refractivity contribution in [3.63, 3.8) is 0 Å². The minimum Gasteiger partial charge on any atom is -0.495 e. The molecule has 1 aliphatic carbocycles. The van der Waals surface area contributed by atoms with Gasteiger partial charge in [0.25, 0.3) is 10.1 Å². The zero-order valence-electron chi connectivity index (χ0n) is 17.4. The van der Waals surface area contributed by atoms with Crippen LogP contribution >= 0.6 is 0 Å². The average Bonchev–Trinajstić information content (AvgIpc) is 2.83. The van der Waals surface area contributed by atoms with Gasteiger partial charge in [-0.15, -0.1) is 0 Å². The third-order valence-corrected chi connectivity index (χ3v) is 6.68. The molecule has 0 saturated carbocycles. The van der Waals surface area contributed by atoms with Crippen LogP contribution in [0, 0.1) is 0 Å². The van der Waals surface area contributed by atoms with Crippen LogP contribution in [0.1, 0.15) is 11.1 Å². The fourth-order valence-electron chi connectivity index (χ4n) is 4.27. The number of hydrogen-bond donors (Lipinski definition) is 1. The molecule has 1 N–H and O–H groups in total. The maximum atomic E-state index is 12.0. The molecule has 0 spiro atoms. The molecule has 32 heavy (non-hydrogen) atoms. The summed E-state index contributed by atoms with van der Waals surface area (Å²) >= 11 is 0. The molecule has 1 aromatic heterocycles. The monoisotopic (exact) mass is 445 g/mol. The lowest BCUT2D eigenvalue weighted by atomic mass is 9.85. The summed E-state index contributed by atoms with van der Waals surface area (Å²) in [5.41, 5.74) is 5.72. The van der Waals surface area contributed by atoms with Crippen LogP contribution in [-0.2, 0) is 23.0 Å². The molecule has 5 rings (SSSR count). The van der Waals surface area contributed by atoms with Crippen molar-refractivity contribution in [3.8, 4) is 39.5 Å². The van der Waals surface area contributed by atoms with E-state index in [0.29, 0.717) is 11.3 Å². The largest absolute Gasteiger partial charge is 0.495 e. The zero-order chi connectivity index (χ0) is 22.3. The van der Waals surface area contributed by atoms with Crippen molar-refractivity contribution in [2.45, 2.75) is 17.7 Å². The van der Waals surface area contributed by atoms with Gasteiger partial charge in [0.05, 0.1) is 29.9 Å². The predicted octanol–water partition coefficient (Wildman–Crippen LogP) is 5.92. The van der Waals surface area contributed by atoms with Crippen molar-refractivity contribution in [1.82, 2.24) is 0 Å². The lowest BCUT2D eigenvalue weighted by Gasteiger charge is -2.17. The SMILES string of the molecule is COc1ccc(-c2cc(-c3ccccc3)[o+]c3c2CCc2ccccc2-3)cc1S(=O)(=O)O. The van der Waals surface area contributed by atoms with E-state index in [0.717, 1.165) is 40.9 Å². The van der Waals surface area contributed by atoms with Crippen molar-refractivity contribution < 1.29 is 22.1 Å². The molecule has 0 bridgehead atoms. The Morgan fingerprint density at radius 1 is 0.844 bits per heavy atom. The van der Waals surface area contributed by atoms with Gasteiger partial charge in [-0.3, -0.25) is 4.55 Å². The van der Waals surface area contributed by atoms with Gasteiger partial charge in [0.15, 0.2) is 0 Å². The second-order valence-electron chi connectivity index (χ2n) is 7.70. The smallest absolute Gasteiger partial charge is 0.364 e. The molecular formula is C26H21O5S+. The van der Waals surface area contributed by atoms with Gasteiger partial charge >= 0.3 is 11.5 Å². The maximum absolute atomic E-state index is 12.0. The van der Waals surface area contributed by atoms with Crippen molar-refractivity contribution >= 4 is 10.1 Å². The summed E-state index contributed by atoms with van der Waals surface area (Å²) < 4.78 is 45.3. The molecule has 0 saturated heterocycles. The minimum atomic E-state index is -4.46. The Bertz CT molecular complexity index is 1430. The van der Waals surface area contributed by atoms with Gasteiger partial charge in [0.2, 0.25) is 0 Å². The van der Waals surface area contributed by atoms with E-state index in [-0.39, 0.29) is 10.6 Å². The number of ether oxygens (including phenoxy) is 1. The second-order valence-corrected chi connectivity index (χ2v) is 9.09. The van der Waals surface area contributed by atoms with E-state index in [1.807, 2.05) is 54.6 Å². The lowest BCUT2D eigenvalue weighted by Crippen LogP contribution is -2.07. The van der Waals surface area contributed by atoms with Crippen LogP contribution in [0.25, 0.3) is 33.8 Å². The summed E-state index contributed by atoms with van der Waals surface area (Å²) in [6.45, 7) is 0. The lowest BCUT2D eigenvalue weighted by molar-refractivity contribution is 0.397. The highest BCUT2D eigenvalue weighted by atomic mass is 32.2. The zero-order valence-corrected chi connectivity index (χ0v) is 18.2. The van der Waals surface area contributed by atoms with E-state index in [1.165, 1.54) is 18.7 Å². The Morgan fingerprint density at radius 3 is 2.34 bits per heavy atom. The molecule has 0 atom stereocenters. The Labute approximate surface area is 186 Å². The molecule has 0 fully saturated rings. The van der Waals surface area contributed by atoms with E-state index in [9.17, 15) is 13.0 Å². The standard InChI is InChI=1S/C26H20O5S/c1-30-23-14-12-19(15-25(23)32(27,28)29)22-16-24(18-8-3-2-4-9-18)31-26-20-10-6-5-7-17(20)11-13-21(22)26/h2-10,12,14-16H,11,13H2,1H3/p+1. The van der Waals surface area contributed by atoms with Crippen LogP contribution in [0.2, 0.25) is 0 Å². The quantitative estimate of drug-likeness (QED) is 0.312. The Hall–Kier alpha value is -3.48. The third-order valence-electron chi connectivity index (χ3n) is 5.80. The molecule has 0 amide bonds. The molecule has 0 aliphatic heterocycles. The van der Waals surface area contributed by atoms with E-state index in [4.69, 9.17) is 9.15 Å². The Morgan fingerprint density at radius 2 is 1.59 bits per heavy atom. The molecule has 160 valence electrons. The van der Waals surface area contributed by atoms with Crippen molar-refractivity contribution in [3.05, 3.63) is 90.0 Å². The van der Waals surface area contributed by atoms with Crippen molar-refractivity contribution in [1.29, 1.82) is 0 Å². The van der Waals surface area contributed by atoms with Crippen molar-refractivity contribution in [2.24, 2.45) is 0 Å². The molecule has 0 radical (unpaired) electrons. The number of aryl methyl sites for hydroxylation is 1. The van der Waals surface area contributed by atoms with E-state index < -0.39 is 10.1 Å². The molecule has 1 aliphatic rings. The highest BCUT2D eigenvalue weighted by Gasteiger charge is 2.32. The molecule has 5 nitrogen and oxygen atoms in total. The number of fused-ring (bicyclic) bond motifs is 3. The van der Waals surface area contributed by atoms with Gasteiger partial charge in [-0.05, 0) is 54.3 Å². The van der Waals surface area contributed by atoms with E-state index in [2.05, 4.69) is 6.07 Å². The highest BCUT2D eigenvalue weighted by molar-refractivity contribution is 7.86. The second kappa shape index (κ2) is 7.89. The molecule has 3 aromatic carbocycles. The molecule has 6 heteroatoms. The summed E-state index contributed by atoms with van der Waals surface area (Å²) in [6, 6.07) is 24.7. The molecule has 1 heterocycles. The Balaban J connectivity index is 1.80. The summed E-state index contributed by atoms with van der Waals surface area (Å²) in [5, 5.41) is 0. The predicted molar refractivity (Wildman–Crippen MR) is 123 cm³/mol. The number of hydrogen-bond acceptors (Lipinski definition) is 3. The van der Waals surface area contributed by atoms with Gasteiger partial charge in [0.1, 0.15) is 10.6 Å². The van der Waals surface area contributed by atoms with Crippen LogP contribution < -0.4 is 4.74 Å². The van der Waals surface area contributed by atoms with Gasteiger partial charge < -0.3 is 4.74 Å². The Kier molecular flexibility index (Phi) is 5.04.